The summed E-state index contributed by atoms with van der Waals surface area (Å²) in [5, 5.41) is 9.76. The summed E-state index contributed by atoms with van der Waals surface area (Å²) in [5.41, 5.74) is 0.785. The van der Waals surface area contributed by atoms with Crippen LogP contribution in [0.4, 0.5) is 0 Å². The monoisotopic (exact) mass is 443 g/mol. The second-order valence-electron chi connectivity index (χ2n) is 9.48. The molecule has 3 N–H and O–H groups in total. The van der Waals surface area contributed by atoms with Gasteiger partial charge in [0.1, 0.15) is 0 Å². The second kappa shape index (κ2) is 9.81. The van der Waals surface area contributed by atoms with E-state index in [-0.39, 0.29) is 29.8 Å². The third-order valence-corrected chi connectivity index (χ3v) is 6.84. The van der Waals surface area contributed by atoms with Crippen LogP contribution < -0.4 is 16.0 Å². The van der Waals surface area contributed by atoms with Gasteiger partial charge in [-0.1, -0.05) is 18.2 Å². The van der Waals surface area contributed by atoms with Crippen molar-refractivity contribution in [1.82, 2.24) is 16.0 Å². The van der Waals surface area contributed by atoms with Gasteiger partial charge >= 0.3 is 0 Å². The lowest BCUT2D eigenvalue weighted by Gasteiger charge is -2.29. The molecule has 1 saturated carbocycles. The predicted octanol–water partition coefficient (Wildman–Crippen LogP) is 3.96. The molecular formula is C24H33N3O3S. The molecule has 0 atom stereocenters. The van der Waals surface area contributed by atoms with Gasteiger partial charge in [0.15, 0.2) is 0 Å². The fourth-order valence-corrected chi connectivity index (χ4v) is 5.49. The zero-order chi connectivity index (χ0) is 22.6. The number of rotatable bonds is 6. The van der Waals surface area contributed by atoms with Crippen LogP contribution in [0.5, 0.6) is 0 Å². The van der Waals surface area contributed by atoms with Crippen LogP contribution in [0.15, 0.2) is 24.3 Å². The van der Waals surface area contributed by atoms with Gasteiger partial charge in [-0.2, -0.15) is 0 Å². The number of hydrogen-bond donors (Lipinski definition) is 3. The van der Waals surface area contributed by atoms with Crippen molar-refractivity contribution >= 4 is 39.1 Å². The molecule has 7 heteroatoms. The highest BCUT2D eigenvalue weighted by Gasteiger charge is 2.29. The second-order valence-corrected chi connectivity index (χ2v) is 10.5. The Kier molecular flexibility index (Phi) is 7.36. The Morgan fingerprint density at radius 3 is 2.35 bits per heavy atom. The molecule has 0 radical (unpaired) electrons. The smallest absolute Gasteiger partial charge is 0.262 e. The van der Waals surface area contributed by atoms with Crippen LogP contribution >= 0.6 is 11.3 Å². The summed E-state index contributed by atoms with van der Waals surface area (Å²) < 4.78 is 1.10. The molecule has 0 saturated heterocycles. The fraction of sp³-hybridized carbons (Fsp3) is 0.542. The quantitative estimate of drug-likeness (QED) is 0.632. The van der Waals surface area contributed by atoms with Crippen molar-refractivity contribution in [2.45, 2.75) is 64.8 Å². The highest BCUT2D eigenvalue weighted by Crippen LogP contribution is 2.43. The molecule has 1 heterocycles. The van der Waals surface area contributed by atoms with E-state index in [1.54, 1.807) is 6.92 Å². The first-order valence-corrected chi connectivity index (χ1v) is 11.8. The minimum absolute atomic E-state index is 0.0143. The van der Waals surface area contributed by atoms with Crippen LogP contribution in [-0.4, -0.2) is 36.3 Å². The highest BCUT2D eigenvalue weighted by atomic mass is 32.1. The Morgan fingerprint density at radius 2 is 1.71 bits per heavy atom. The summed E-state index contributed by atoms with van der Waals surface area (Å²) in [4.78, 5) is 37.1. The maximum atomic E-state index is 13.1. The molecule has 0 aliphatic heterocycles. The van der Waals surface area contributed by atoms with Gasteiger partial charge in [-0.05, 0) is 75.3 Å². The van der Waals surface area contributed by atoms with Crippen molar-refractivity contribution in [2.75, 3.05) is 13.1 Å². The SMILES string of the molecule is CC(=O)NCC1CCC(c2c(C(=O)NCC(=O)NC(C)(C)C)sc3ccccc23)CC1. The van der Waals surface area contributed by atoms with Crippen LogP contribution in [0.1, 0.15) is 74.5 Å². The number of carbonyl (C=O) groups is 3. The van der Waals surface area contributed by atoms with Gasteiger partial charge in [0.25, 0.3) is 5.91 Å². The van der Waals surface area contributed by atoms with Crippen molar-refractivity contribution in [1.29, 1.82) is 0 Å². The summed E-state index contributed by atoms with van der Waals surface area (Å²) in [7, 11) is 0. The molecule has 1 aliphatic carbocycles. The first-order valence-electron chi connectivity index (χ1n) is 11.0. The lowest BCUT2D eigenvalue weighted by Crippen LogP contribution is -2.45. The van der Waals surface area contributed by atoms with E-state index < -0.39 is 0 Å². The Hall–Kier alpha value is -2.41. The van der Waals surface area contributed by atoms with Crippen molar-refractivity contribution < 1.29 is 14.4 Å². The van der Waals surface area contributed by atoms with Gasteiger partial charge in [-0.15, -0.1) is 11.3 Å². The molecule has 3 rings (SSSR count). The largest absolute Gasteiger partial charge is 0.356 e. The van der Waals surface area contributed by atoms with E-state index in [1.165, 1.54) is 11.3 Å². The zero-order valence-corrected chi connectivity index (χ0v) is 19.7. The van der Waals surface area contributed by atoms with Crippen molar-refractivity contribution in [3.05, 3.63) is 34.7 Å². The third-order valence-electron chi connectivity index (χ3n) is 5.66. The van der Waals surface area contributed by atoms with Gasteiger partial charge in [-0.3, -0.25) is 14.4 Å². The molecule has 168 valence electrons. The topological polar surface area (TPSA) is 87.3 Å². The number of amides is 3. The molecule has 31 heavy (non-hydrogen) atoms. The van der Waals surface area contributed by atoms with E-state index in [9.17, 15) is 14.4 Å². The number of benzene rings is 1. The number of thiophene rings is 1. The normalized spacial score (nSPS) is 19.1. The van der Waals surface area contributed by atoms with Crippen LogP contribution in [0.2, 0.25) is 0 Å². The van der Waals surface area contributed by atoms with Gasteiger partial charge in [0.2, 0.25) is 11.8 Å². The molecule has 0 bridgehead atoms. The Labute approximate surface area is 188 Å². The maximum absolute atomic E-state index is 13.1. The highest BCUT2D eigenvalue weighted by molar-refractivity contribution is 7.21. The van der Waals surface area contributed by atoms with Crippen molar-refractivity contribution in [3.63, 3.8) is 0 Å². The average Bonchev–Trinajstić information content (AvgIpc) is 3.09. The van der Waals surface area contributed by atoms with Gasteiger partial charge in [0, 0.05) is 23.7 Å². The fourth-order valence-electron chi connectivity index (χ4n) is 4.29. The molecule has 6 nitrogen and oxygen atoms in total. The lowest BCUT2D eigenvalue weighted by atomic mass is 9.77. The molecule has 2 aromatic rings. The zero-order valence-electron chi connectivity index (χ0n) is 18.8. The van der Waals surface area contributed by atoms with Gasteiger partial charge < -0.3 is 16.0 Å². The van der Waals surface area contributed by atoms with Gasteiger partial charge in [-0.25, -0.2) is 0 Å². The summed E-state index contributed by atoms with van der Waals surface area (Å²) in [6, 6.07) is 8.15. The van der Waals surface area contributed by atoms with Crippen LogP contribution in [0.25, 0.3) is 10.1 Å². The molecule has 0 spiro atoms. The molecule has 1 aliphatic rings. The Bertz CT molecular complexity index is 953. The van der Waals surface area contributed by atoms with E-state index in [2.05, 4.69) is 28.1 Å². The van der Waals surface area contributed by atoms with E-state index in [0.29, 0.717) is 11.8 Å². The predicted molar refractivity (Wildman–Crippen MR) is 125 cm³/mol. The number of nitrogens with one attached hydrogen (secondary N) is 3. The van der Waals surface area contributed by atoms with Crippen LogP contribution in [0.3, 0.4) is 0 Å². The number of hydrogen-bond acceptors (Lipinski definition) is 4. The molecule has 1 aromatic heterocycles. The standard InChI is InChI=1S/C24H33N3O3S/c1-15(28)25-13-16-9-11-17(12-10-16)21-18-7-5-6-8-19(18)31-22(21)23(30)26-14-20(29)27-24(2,3)4/h5-8,16-17H,9-14H2,1-4H3,(H,25,28)(H,26,30)(H,27,29). The van der Waals surface area contributed by atoms with Crippen molar-refractivity contribution in [2.24, 2.45) is 5.92 Å². The molecule has 1 fully saturated rings. The van der Waals surface area contributed by atoms with E-state index >= 15 is 0 Å². The minimum Gasteiger partial charge on any atom is -0.356 e. The summed E-state index contributed by atoms with van der Waals surface area (Å²) in [6.45, 7) is 7.99. The summed E-state index contributed by atoms with van der Waals surface area (Å²) in [6.07, 6.45) is 4.06. The van der Waals surface area contributed by atoms with E-state index in [0.717, 1.165) is 52.8 Å². The number of carbonyl (C=O) groups excluding carboxylic acids is 3. The number of fused-ring (bicyclic) bond motifs is 1. The summed E-state index contributed by atoms with van der Waals surface area (Å²) in [5.74, 6) is 0.445. The maximum Gasteiger partial charge on any atom is 0.262 e. The van der Waals surface area contributed by atoms with E-state index in [4.69, 9.17) is 0 Å². The summed E-state index contributed by atoms with van der Waals surface area (Å²) >= 11 is 1.50. The molecule has 1 aromatic carbocycles. The minimum atomic E-state index is -0.333. The third kappa shape index (κ3) is 6.29. The lowest BCUT2D eigenvalue weighted by molar-refractivity contribution is -0.121. The van der Waals surface area contributed by atoms with Crippen LogP contribution in [-0.2, 0) is 9.59 Å². The molecule has 3 amide bonds. The van der Waals surface area contributed by atoms with Crippen molar-refractivity contribution in [3.8, 4) is 0 Å². The molecular weight excluding hydrogens is 410 g/mol. The van der Waals surface area contributed by atoms with Crippen LogP contribution in [0, 0.1) is 5.92 Å². The first kappa shape index (κ1) is 23.3. The Balaban J connectivity index is 1.74. The Morgan fingerprint density at radius 1 is 1.03 bits per heavy atom. The van der Waals surface area contributed by atoms with Gasteiger partial charge in [0.05, 0.1) is 11.4 Å². The average molecular weight is 444 g/mol. The van der Waals surface area contributed by atoms with E-state index in [1.807, 2.05) is 32.9 Å². The first-order chi connectivity index (χ1) is 14.6. The molecule has 0 unspecified atom stereocenters.